The number of ether oxygens (including phenoxy) is 2. The molecule has 0 aromatic heterocycles. The molecule has 0 N–H and O–H groups in total. The van der Waals surface area contributed by atoms with E-state index >= 15 is 0 Å². The first-order valence-electron chi connectivity index (χ1n) is 8.92. The Hall–Kier alpha value is -1.70. The number of hydrogen-bond acceptors (Lipinski definition) is 2. The Morgan fingerprint density at radius 2 is 0.963 bits per heavy atom. The molecule has 0 aliphatic heterocycles. The summed E-state index contributed by atoms with van der Waals surface area (Å²) in [5.74, 6) is 0. The van der Waals surface area contributed by atoms with E-state index in [1.807, 2.05) is 0 Å². The molecule has 0 amide bonds. The van der Waals surface area contributed by atoms with Crippen molar-refractivity contribution in [3.63, 3.8) is 0 Å². The summed E-state index contributed by atoms with van der Waals surface area (Å²) in [5.41, 5.74) is 0. The van der Waals surface area contributed by atoms with Crippen LogP contribution in [0.3, 0.4) is 0 Å². The minimum absolute atomic E-state index is 0. The van der Waals surface area contributed by atoms with Crippen LogP contribution in [0.1, 0.15) is 6.42 Å². The van der Waals surface area contributed by atoms with Crippen LogP contribution in [0.25, 0.3) is 0 Å². The topological polar surface area (TPSA) is 18.5 Å². The van der Waals surface area contributed by atoms with Crippen molar-refractivity contribution in [2.24, 2.45) is 0 Å². The fourth-order valence-electron chi connectivity index (χ4n) is 3.51. The van der Waals surface area contributed by atoms with E-state index in [1.54, 1.807) is 14.2 Å². The summed E-state index contributed by atoms with van der Waals surface area (Å²) >= 11 is 0. The monoisotopic (exact) mass is 400 g/mol. The van der Waals surface area contributed by atoms with E-state index < -0.39 is 7.26 Å². The van der Waals surface area contributed by atoms with Crippen molar-refractivity contribution < 1.29 is 21.9 Å². The van der Waals surface area contributed by atoms with Gasteiger partial charge in [-0.1, -0.05) is 54.6 Å². The molecule has 0 bridgehead atoms. The van der Waals surface area contributed by atoms with Gasteiger partial charge in [0, 0.05) is 20.6 Å². The van der Waals surface area contributed by atoms with Crippen molar-refractivity contribution in [3.05, 3.63) is 91.0 Å². The fourth-order valence-corrected chi connectivity index (χ4v) is 7.82. The second kappa shape index (κ2) is 10.6. The first kappa shape index (κ1) is 21.6. The van der Waals surface area contributed by atoms with Gasteiger partial charge in [0.15, 0.2) is 6.29 Å². The summed E-state index contributed by atoms with van der Waals surface area (Å²) in [7, 11) is 1.63. The Labute approximate surface area is 169 Å². The van der Waals surface area contributed by atoms with Gasteiger partial charge in [-0.05, 0) is 36.4 Å². The van der Waals surface area contributed by atoms with Crippen LogP contribution in [-0.4, -0.2) is 26.7 Å². The van der Waals surface area contributed by atoms with Crippen LogP contribution in [0.5, 0.6) is 0 Å². The third-order valence-electron chi connectivity index (χ3n) is 4.82. The van der Waals surface area contributed by atoms with Crippen molar-refractivity contribution >= 4 is 23.2 Å². The number of benzene rings is 3. The molecule has 3 aromatic rings. The summed E-state index contributed by atoms with van der Waals surface area (Å²) in [4.78, 5) is 0. The van der Waals surface area contributed by atoms with Crippen molar-refractivity contribution in [2.75, 3.05) is 20.4 Å². The van der Waals surface area contributed by atoms with Crippen molar-refractivity contribution in [3.8, 4) is 0 Å². The van der Waals surface area contributed by atoms with E-state index in [4.69, 9.17) is 9.47 Å². The molecule has 0 heterocycles. The molecule has 142 valence electrons. The lowest BCUT2D eigenvalue weighted by molar-refractivity contribution is -0.102. The van der Waals surface area contributed by atoms with Gasteiger partial charge in [-0.3, -0.25) is 0 Å². The average molecular weight is 401 g/mol. The third-order valence-corrected chi connectivity index (χ3v) is 9.28. The van der Waals surface area contributed by atoms with Crippen LogP contribution in [0.15, 0.2) is 91.0 Å². The van der Waals surface area contributed by atoms with E-state index in [1.165, 1.54) is 15.9 Å². The second-order valence-electron chi connectivity index (χ2n) is 6.23. The Morgan fingerprint density at radius 3 is 1.26 bits per heavy atom. The lowest BCUT2D eigenvalue weighted by Crippen LogP contribution is -3.00. The predicted molar refractivity (Wildman–Crippen MR) is 112 cm³/mol. The minimum atomic E-state index is -1.79. The van der Waals surface area contributed by atoms with Gasteiger partial charge < -0.3 is 21.9 Å². The summed E-state index contributed by atoms with van der Waals surface area (Å²) in [6.45, 7) is 0. The van der Waals surface area contributed by atoms with E-state index in [2.05, 4.69) is 91.0 Å². The molecule has 0 aliphatic carbocycles. The molecule has 3 rings (SSSR count). The lowest BCUT2D eigenvalue weighted by atomic mass is 10.3. The summed E-state index contributed by atoms with van der Waals surface area (Å²) in [6, 6.07) is 32.7. The zero-order chi connectivity index (χ0) is 18.2. The fraction of sp³-hybridized carbons (Fsp3) is 0.217. The maximum atomic E-state index is 5.50. The van der Waals surface area contributed by atoms with Crippen LogP contribution in [0, 0.1) is 0 Å². The second-order valence-corrected chi connectivity index (χ2v) is 9.85. The van der Waals surface area contributed by atoms with Gasteiger partial charge >= 0.3 is 0 Å². The number of hydrogen-bond donors (Lipinski definition) is 0. The van der Waals surface area contributed by atoms with E-state index in [0.717, 1.165) is 12.6 Å². The minimum Gasteiger partial charge on any atom is -1.00 e. The molecule has 4 heteroatoms. The highest BCUT2D eigenvalue weighted by Crippen LogP contribution is 2.55. The van der Waals surface area contributed by atoms with Crippen LogP contribution < -0.4 is 28.3 Å². The standard InChI is InChI=1S/C23H26O2P.ClH/c1-24-23(25-2)18-19-26(20-12-6-3-7-13-20,21-14-8-4-9-15-21)22-16-10-5-11-17-22;/h3-17,23H,18-19H2,1-2H3;1H/q+1;/p-1. The highest BCUT2D eigenvalue weighted by atomic mass is 35.5. The molecule has 0 radical (unpaired) electrons. The van der Waals surface area contributed by atoms with Gasteiger partial charge in [-0.25, -0.2) is 0 Å². The van der Waals surface area contributed by atoms with Crippen LogP contribution in [0.2, 0.25) is 0 Å². The Morgan fingerprint density at radius 1 is 0.630 bits per heavy atom. The van der Waals surface area contributed by atoms with E-state index in [0.29, 0.717) is 0 Å². The molecular formula is C23H26ClO2P. The maximum Gasteiger partial charge on any atom is 0.160 e. The summed E-state index contributed by atoms with van der Waals surface area (Å²) in [6.07, 6.45) is 1.65. The average Bonchev–Trinajstić information content (AvgIpc) is 2.74. The van der Waals surface area contributed by atoms with Gasteiger partial charge in [0.05, 0.1) is 6.16 Å². The molecule has 3 aromatic carbocycles. The normalized spacial score (nSPS) is 11.2. The highest BCUT2D eigenvalue weighted by Gasteiger charge is 2.45. The number of methoxy groups -OCH3 is 2. The summed E-state index contributed by atoms with van der Waals surface area (Å²) < 4.78 is 11.0. The summed E-state index contributed by atoms with van der Waals surface area (Å²) in [5, 5.41) is 4.18. The van der Waals surface area contributed by atoms with Crippen molar-refractivity contribution in [2.45, 2.75) is 12.7 Å². The number of rotatable bonds is 8. The molecule has 27 heavy (non-hydrogen) atoms. The highest BCUT2D eigenvalue weighted by molar-refractivity contribution is 7.95. The van der Waals surface area contributed by atoms with E-state index in [-0.39, 0.29) is 18.7 Å². The third kappa shape index (κ3) is 4.78. The zero-order valence-corrected chi connectivity index (χ0v) is 17.4. The predicted octanol–water partition coefficient (Wildman–Crippen LogP) is 0.993. The van der Waals surface area contributed by atoms with Crippen LogP contribution >= 0.6 is 7.26 Å². The van der Waals surface area contributed by atoms with Gasteiger partial charge in [0.1, 0.15) is 23.2 Å². The molecule has 2 nitrogen and oxygen atoms in total. The molecular weight excluding hydrogens is 375 g/mol. The molecule has 0 fully saturated rings. The smallest absolute Gasteiger partial charge is 0.160 e. The Balaban J connectivity index is 0.00000261. The molecule has 0 unspecified atom stereocenters. The quantitative estimate of drug-likeness (QED) is 0.415. The molecule has 0 saturated carbocycles. The lowest BCUT2D eigenvalue weighted by Gasteiger charge is -2.28. The van der Waals surface area contributed by atoms with Gasteiger partial charge in [-0.15, -0.1) is 0 Å². The first-order valence-corrected chi connectivity index (χ1v) is 10.9. The van der Waals surface area contributed by atoms with Crippen LogP contribution in [-0.2, 0) is 9.47 Å². The molecule has 0 spiro atoms. The van der Waals surface area contributed by atoms with Crippen LogP contribution in [0.4, 0.5) is 0 Å². The maximum absolute atomic E-state index is 5.50. The Bertz CT molecular complexity index is 681. The van der Waals surface area contributed by atoms with Gasteiger partial charge in [0.25, 0.3) is 0 Å². The Kier molecular flexibility index (Phi) is 8.47. The van der Waals surface area contributed by atoms with Crippen molar-refractivity contribution in [1.82, 2.24) is 0 Å². The van der Waals surface area contributed by atoms with Crippen molar-refractivity contribution in [1.29, 1.82) is 0 Å². The number of halogens is 1. The van der Waals surface area contributed by atoms with Gasteiger partial charge in [0.2, 0.25) is 0 Å². The van der Waals surface area contributed by atoms with E-state index in [9.17, 15) is 0 Å². The zero-order valence-electron chi connectivity index (χ0n) is 15.8. The first-order chi connectivity index (χ1) is 12.8. The molecule has 0 atom stereocenters. The largest absolute Gasteiger partial charge is 1.00 e. The van der Waals surface area contributed by atoms with Gasteiger partial charge in [-0.2, -0.15) is 0 Å². The SMILES string of the molecule is COC(CC[P+](c1ccccc1)(c1ccccc1)c1ccccc1)OC.[Cl-]. The molecule has 0 aliphatic rings. The molecule has 0 saturated heterocycles.